The molecule has 0 bridgehead atoms. The third kappa shape index (κ3) is 1.58. The molecule has 0 aliphatic carbocycles. The highest BCUT2D eigenvalue weighted by atomic mass is 79.9. The molecule has 0 saturated heterocycles. The lowest BCUT2D eigenvalue weighted by Gasteiger charge is -2.24. The highest BCUT2D eigenvalue weighted by molar-refractivity contribution is 9.10. The molecule has 0 aromatic carbocycles. The molecule has 0 aromatic rings. The van der Waals surface area contributed by atoms with Crippen LogP contribution in [-0.2, 0) is 0 Å². The van der Waals surface area contributed by atoms with E-state index in [0.29, 0.717) is 0 Å². The maximum absolute atomic E-state index is 3.55. The minimum Gasteiger partial charge on any atom is -0.373 e. The predicted octanol–water partition coefficient (Wildman–Crippen LogP) is 2.16. The molecule has 1 nitrogen and oxygen atoms in total. The van der Waals surface area contributed by atoms with E-state index < -0.39 is 0 Å². The normalized spacial score (nSPS) is 32.2. The van der Waals surface area contributed by atoms with Crippen molar-refractivity contribution in [3.05, 3.63) is 24.4 Å². The van der Waals surface area contributed by atoms with Crippen molar-refractivity contribution in [2.75, 3.05) is 0 Å². The van der Waals surface area contributed by atoms with Crippen LogP contribution in [0.3, 0.4) is 0 Å². The van der Waals surface area contributed by atoms with Gasteiger partial charge >= 0.3 is 0 Å². The predicted molar refractivity (Wildman–Crippen MR) is 43.4 cm³/mol. The Bertz CT molecular complexity index is 151. The van der Waals surface area contributed by atoms with Crippen molar-refractivity contribution in [3.63, 3.8) is 0 Å². The van der Waals surface area contributed by atoms with Crippen LogP contribution in [-0.4, -0.2) is 4.45 Å². The van der Waals surface area contributed by atoms with Crippen LogP contribution in [0.15, 0.2) is 24.4 Å². The summed E-state index contributed by atoms with van der Waals surface area (Å²) < 4.78 is 0.0156. The molecular weight excluding hydrogens is 178 g/mol. The van der Waals surface area contributed by atoms with E-state index in [-0.39, 0.29) is 4.45 Å². The van der Waals surface area contributed by atoms with E-state index in [9.17, 15) is 0 Å². The molecule has 0 saturated carbocycles. The summed E-state index contributed by atoms with van der Waals surface area (Å²) >= 11 is 3.55. The molecule has 1 unspecified atom stereocenters. The molecule has 1 N–H and O–H groups in total. The second-order valence-corrected chi connectivity index (χ2v) is 3.49. The summed E-state index contributed by atoms with van der Waals surface area (Å²) in [5.41, 5.74) is 0. The average Bonchev–Trinajstić information content (AvgIpc) is 1.90. The lowest BCUT2D eigenvalue weighted by Crippen LogP contribution is -2.33. The van der Waals surface area contributed by atoms with Crippen LogP contribution in [0.25, 0.3) is 0 Å². The van der Waals surface area contributed by atoms with Crippen LogP contribution >= 0.6 is 15.9 Å². The van der Waals surface area contributed by atoms with Crippen molar-refractivity contribution in [1.29, 1.82) is 0 Å². The molecule has 2 heteroatoms. The average molecular weight is 188 g/mol. The van der Waals surface area contributed by atoms with Gasteiger partial charge in [0.05, 0.1) is 0 Å². The van der Waals surface area contributed by atoms with Crippen LogP contribution in [0.4, 0.5) is 0 Å². The highest BCUT2D eigenvalue weighted by Crippen LogP contribution is 2.22. The summed E-state index contributed by atoms with van der Waals surface area (Å²) in [4.78, 5) is 0. The summed E-state index contributed by atoms with van der Waals surface area (Å²) in [6, 6.07) is 0. The zero-order chi connectivity index (χ0) is 6.74. The van der Waals surface area contributed by atoms with Gasteiger partial charge in [0.2, 0.25) is 0 Å². The van der Waals surface area contributed by atoms with Crippen molar-refractivity contribution >= 4 is 15.9 Å². The molecular formula is C7H10BrN. The number of alkyl halides is 1. The van der Waals surface area contributed by atoms with E-state index in [1.165, 1.54) is 0 Å². The van der Waals surface area contributed by atoms with E-state index in [1.807, 2.05) is 18.4 Å². The monoisotopic (exact) mass is 187 g/mol. The van der Waals surface area contributed by atoms with Crippen LogP contribution in [0.5, 0.6) is 0 Å². The summed E-state index contributed by atoms with van der Waals surface area (Å²) in [6.45, 7) is 2.13. The topological polar surface area (TPSA) is 12.0 Å². The Hall–Kier alpha value is -0.240. The lowest BCUT2D eigenvalue weighted by molar-refractivity contribution is 0.628. The molecule has 1 rings (SSSR count). The first-order valence-corrected chi connectivity index (χ1v) is 3.87. The maximum Gasteiger partial charge on any atom is 0.111 e. The lowest BCUT2D eigenvalue weighted by atomic mass is 10.2. The van der Waals surface area contributed by atoms with Gasteiger partial charge in [0.1, 0.15) is 4.45 Å². The Morgan fingerprint density at radius 2 is 2.33 bits per heavy atom. The van der Waals surface area contributed by atoms with E-state index in [1.54, 1.807) is 0 Å². The largest absolute Gasteiger partial charge is 0.373 e. The van der Waals surface area contributed by atoms with E-state index in [2.05, 4.69) is 34.2 Å². The van der Waals surface area contributed by atoms with Crippen molar-refractivity contribution in [3.8, 4) is 0 Å². The molecule has 1 atom stereocenters. The number of hydrogen-bond donors (Lipinski definition) is 1. The number of nitrogens with one attached hydrogen (secondary N) is 1. The Morgan fingerprint density at radius 1 is 1.56 bits per heavy atom. The fourth-order valence-electron chi connectivity index (χ4n) is 0.718. The van der Waals surface area contributed by atoms with Gasteiger partial charge in [0, 0.05) is 0 Å². The molecule has 0 radical (unpaired) electrons. The van der Waals surface area contributed by atoms with Crippen molar-refractivity contribution in [1.82, 2.24) is 5.32 Å². The van der Waals surface area contributed by atoms with E-state index >= 15 is 0 Å². The summed E-state index contributed by atoms with van der Waals surface area (Å²) in [5, 5.41) is 3.19. The van der Waals surface area contributed by atoms with Gasteiger partial charge in [0.15, 0.2) is 0 Å². The number of dihydropyridines is 1. The molecule has 50 valence electrons. The fraction of sp³-hybridized carbons (Fsp3) is 0.429. The van der Waals surface area contributed by atoms with Crippen LogP contribution < -0.4 is 5.32 Å². The van der Waals surface area contributed by atoms with Gasteiger partial charge in [-0.2, -0.15) is 0 Å². The first kappa shape index (κ1) is 6.87. The summed E-state index contributed by atoms with van der Waals surface area (Å²) in [6.07, 6.45) is 9.11. The molecule has 9 heavy (non-hydrogen) atoms. The molecule has 1 aliphatic rings. The SMILES string of the molecule is CCC1(Br)C=CC=CN1. The van der Waals surface area contributed by atoms with Crippen molar-refractivity contribution < 1.29 is 0 Å². The second-order valence-electron chi connectivity index (χ2n) is 2.08. The zero-order valence-corrected chi connectivity index (χ0v) is 6.98. The van der Waals surface area contributed by atoms with Crippen LogP contribution in [0.1, 0.15) is 13.3 Å². The van der Waals surface area contributed by atoms with Gasteiger partial charge in [0.25, 0.3) is 0 Å². The minimum atomic E-state index is 0.0156. The molecule has 0 fully saturated rings. The summed E-state index contributed by atoms with van der Waals surface area (Å²) in [5.74, 6) is 0. The highest BCUT2D eigenvalue weighted by Gasteiger charge is 2.18. The molecule has 0 spiro atoms. The first-order chi connectivity index (χ1) is 4.27. The Labute approximate surface area is 64.0 Å². The molecule has 1 heterocycles. The first-order valence-electron chi connectivity index (χ1n) is 3.08. The molecule has 0 aromatic heterocycles. The standard InChI is InChI=1S/C7H10BrN/c1-2-7(8)5-3-4-6-9-7/h3-6,9H,2H2,1H3. The number of allylic oxidation sites excluding steroid dienone is 2. The molecule has 1 aliphatic heterocycles. The van der Waals surface area contributed by atoms with Gasteiger partial charge < -0.3 is 5.32 Å². The summed E-state index contributed by atoms with van der Waals surface area (Å²) in [7, 11) is 0. The fourth-order valence-corrected chi connectivity index (χ4v) is 1.00. The maximum atomic E-state index is 3.55. The zero-order valence-electron chi connectivity index (χ0n) is 5.39. The van der Waals surface area contributed by atoms with Crippen LogP contribution in [0.2, 0.25) is 0 Å². The number of rotatable bonds is 1. The van der Waals surface area contributed by atoms with Crippen molar-refractivity contribution in [2.45, 2.75) is 17.8 Å². The van der Waals surface area contributed by atoms with E-state index in [0.717, 1.165) is 6.42 Å². The second kappa shape index (κ2) is 2.56. The Kier molecular flexibility index (Phi) is 1.96. The Morgan fingerprint density at radius 3 is 2.67 bits per heavy atom. The third-order valence-corrected chi connectivity index (χ3v) is 2.46. The van der Waals surface area contributed by atoms with Crippen LogP contribution in [0, 0.1) is 0 Å². The van der Waals surface area contributed by atoms with E-state index in [4.69, 9.17) is 0 Å². The molecule has 0 amide bonds. The van der Waals surface area contributed by atoms with Gasteiger partial charge in [-0.15, -0.1) is 0 Å². The number of hydrogen-bond acceptors (Lipinski definition) is 1. The Balaban J connectivity index is 2.63. The van der Waals surface area contributed by atoms with Crippen molar-refractivity contribution in [2.24, 2.45) is 0 Å². The minimum absolute atomic E-state index is 0.0156. The third-order valence-electron chi connectivity index (χ3n) is 1.41. The van der Waals surface area contributed by atoms with Gasteiger partial charge in [-0.3, -0.25) is 0 Å². The van der Waals surface area contributed by atoms with Gasteiger partial charge in [-0.1, -0.05) is 28.9 Å². The quantitative estimate of drug-likeness (QED) is 0.491. The van der Waals surface area contributed by atoms with Gasteiger partial charge in [-0.25, -0.2) is 0 Å². The smallest absolute Gasteiger partial charge is 0.111 e. The van der Waals surface area contributed by atoms with Gasteiger partial charge in [-0.05, 0) is 24.8 Å². The number of halogens is 1.